The molecule has 2 aromatic heterocycles. The Labute approximate surface area is 332 Å². The van der Waals surface area contributed by atoms with Gasteiger partial charge in [-0.15, -0.1) is 0 Å². The zero-order valence-corrected chi connectivity index (χ0v) is 33.1. The van der Waals surface area contributed by atoms with Crippen LogP contribution in [0.1, 0.15) is 87.7 Å². The van der Waals surface area contributed by atoms with E-state index in [2.05, 4.69) is 39.8 Å². The van der Waals surface area contributed by atoms with E-state index in [1.54, 1.807) is 24.4 Å². The molecular formula is C42H51Cl2FN8O2. The fraction of sp³-hybridized carbons (Fsp3) is 0.500. The number of hydrazine groups is 1. The first kappa shape index (κ1) is 39.3. The van der Waals surface area contributed by atoms with E-state index in [-0.39, 0.29) is 40.2 Å². The van der Waals surface area contributed by atoms with Crippen LogP contribution in [0.25, 0.3) is 32.9 Å². The van der Waals surface area contributed by atoms with Crippen LogP contribution in [0.3, 0.4) is 0 Å². The number of carbonyl (C=O) groups is 1. The van der Waals surface area contributed by atoms with Crippen molar-refractivity contribution in [1.82, 2.24) is 25.6 Å². The number of carbonyl (C=O) groups excluding carboxylic acids is 1. The highest BCUT2D eigenvalue weighted by Crippen LogP contribution is 2.43. The Morgan fingerprint density at radius 2 is 1.96 bits per heavy atom. The van der Waals surface area contributed by atoms with Gasteiger partial charge in [-0.2, -0.15) is 5.26 Å². The molecule has 6 aliphatic rings. The molecule has 2 bridgehead atoms. The number of amides is 1. The highest BCUT2D eigenvalue weighted by atomic mass is 35.5. The summed E-state index contributed by atoms with van der Waals surface area (Å²) in [7, 11) is 0. The third-order valence-corrected chi connectivity index (χ3v) is 12.9. The summed E-state index contributed by atoms with van der Waals surface area (Å²) in [6.45, 7) is 7.66. The quantitative estimate of drug-likeness (QED) is 0.0929. The van der Waals surface area contributed by atoms with Crippen molar-refractivity contribution < 1.29 is 13.9 Å². The fourth-order valence-corrected chi connectivity index (χ4v) is 8.84. The monoisotopic (exact) mass is 788 g/mol. The Kier molecular flexibility index (Phi) is 11.9. The molecule has 1 unspecified atom stereocenters. The number of ether oxygens (including phenoxy) is 1. The van der Waals surface area contributed by atoms with Crippen molar-refractivity contribution in [3.05, 3.63) is 75.0 Å². The summed E-state index contributed by atoms with van der Waals surface area (Å²) in [6.07, 6.45) is 10.9. The maximum Gasteiger partial charge on any atom is 0.226 e. The molecule has 4 aromatic rings. The summed E-state index contributed by atoms with van der Waals surface area (Å²) < 4.78 is 21.6. The highest BCUT2D eigenvalue weighted by Gasteiger charge is 2.39. The van der Waals surface area contributed by atoms with Crippen LogP contribution in [0, 0.1) is 41.3 Å². The number of nitrogens with zero attached hydrogens (tertiary/aromatic N) is 3. The minimum absolute atomic E-state index is 0.0117. The molecule has 10 nitrogen and oxygen atoms in total. The number of likely N-dealkylation sites (tertiary alicyclic amines) is 1. The number of fused-ring (bicyclic) bond motifs is 4. The average Bonchev–Trinajstić information content (AvgIpc) is 3.56. The number of nitrogens with two attached hydrogens (primary N) is 2. The van der Waals surface area contributed by atoms with Gasteiger partial charge in [0, 0.05) is 88.7 Å². The van der Waals surface area contributed by atoms with Gasteiger partial charge in [-0.25, -0.2) is 9.37 Å². The summed E-state index contributed by atoms with van der Waals surface area (Å²) in [4.78, 5) is 23.1. The molecule has 2 aromatic carbocycles. The molecule has 1 atom stereocenters. The molecule has 1 amide bonds. The molecule has 4 aliphatic heterocycles. The first-order valence-electron chi connectivity index (χ1n) is 19.5. The van der Waals surface area contributed by atoms with Gasteiger partial charge in [-0.3, -0.25) is 10.6 Å². The lowest BCUT2D eigenvalue weighted by atomic mass is 9.80. The van der Waals surface area contributed by atoms with Gasteiger partial charge in [0.2, 0.25) is 5.91 Å². The number of nitriles is 1. The maximum atomic E-state index is 16.3. The molecule has 7 N–H and O–H groups in total. The maximum absolute atomic E-state index is 16.3. The number of benzene rings is 2. The van der Waals surface area contributed by atoms with Gasteiger partial charge in [-0.05, 0) is 101 Å². The van der Waals surface area contributed by atoms with Crippen molar-refractivity contribution in [3.63, 3.8) is 0 Å². The van der Waals surface area contributed by atoms with E-state index in [4.69, 9.17) is 39.5 Å². The number of halogens is 3. The van der Waals surface area contributed by atoms with Crippen LogP contribution in [-0.2, 0) is 16.0 Å². The molecule has 292 valence electrons. The van der Waals surface area contributed by atoms with Crippen LogP contribution in [0.15, 0.2) is 42.2 Å². The van der Waals surface area contributed by atoms with Gasteiger partial charge in [0.1, 0.15) is 5.52 Å². The Hall–Kier alpha value is -3.92. The van der Waals surface area contributed by atoms with Gasteiger partial charge >= 0.3 is 0 Å². The number of allylic oxidation sites excluding steroid dienone is 1. The summed E-state index contributed by atoms with van der Waals surface area (Å²) in [6, 6.07) is 12.2. The number of hydrogen-bond donors (Lipinski definition) is 5. The molecule has 4 saturated heterocycles. The first-order valence-corrected chi connectivity index (χ1v) is 20.3. The van der Waals surface area contributed by atoms with Crippen molar-refractivity contribution in [3.8, 4) is 17.2 Å². The summed E-state index contributed by atoms with van der Waals surface area (Å²) >= 11 is 12.8. The molecule has 13 heteroatoms. The number of H-pyrrole nitrogens is 1. The summed E-state index contributed by atoms with van der Waals surface area (Å²) in [5.41, 5.74) is 13.4. The third kappa shape index (κ3) is 8.16. The number of rotatable bonds is 7. The zero-order valence-electron chi connectivity index (χ0n) is 31.6. The van der Waals surface area contributed by atoms with E-state index in [1.165, 1.54) is 19.4 Å². The Balaban J connectivity index is 0.000000210. The second kappa shape index (κ2) is 16.7. The van der Waals surface area contributed by atoms with Crippen LogP contribution in [0.5, 0.6) is 0 Å². The van der Waals surface area contributed by atoms with Gasteiger partial charge in [-0.1, -0.05) is 42.3 Å². The van der Waals surface area contributed by atoms with E-state index in [1.807, 2.05) is 17.9 Å². The zero-order chi connectivity index (χ0) is 38.9. The lowest BCUT2D eigenvalue weighted by Gasteiger charge is -2.33. The van der Waals surface area contributed by atoms with Crippen molar-refractivity contribution in [2.24, 2.45) is 28.8 Å². The van der Waals surface area contributed by atoms with Crippen LogP contribution >= 0.6 is 23.2 Å². The summed E-state index contributed by atoms with van der Waals surface area (Å²) in [5.74, 6) is 6.17. The van der Waals surface area contributed by atoms with Crippen LogP contribution in [-0.4, -0.2) is 53.1 Å². The van der Waals surface area contributed by atoms with Crippen molar-refractivity contribution in [1.29, 1.82) is 5.26 Å². The molecule has 10 rings (SSSR count). The van der Waals surface area contributed by atoms with Crippen molar-refractivity contribution >= 4 is 50.9 Å². The lowest BCUT2D eigenvalue weighted by molar-refractivity contribution is -0.133. The average molecular weight is 790 g/mol. The van der Waals surface area contributed by atoms with Crippen LogP contribution in [0.2, 0.25) is 10.0 Å². The molecule has 6 fully saturated rings. The van der Waals surface area contributed by atoms with E-state index in [0.29, 0.717) is 39.2 Å². The molecule has 2 saturated carbocycles. The van der Waals surface area contributed by atoms with E-state index in [0.717, 1.165) is 92.5 Å². The van der Waals surface area contributed by atoms with Gasteiger partial charge in [0.05, 0.1) is 27.7 Å². The number of aryl methyl sites for hydroxylation is 2. The van der Waals surface area contributed by atoms with Gasteiger partial charge in [0.15, 0.2) is 5.82 Å². The lowest BCUT2D eigenvalue weighted by Crippen LogP contribution is -2.33. The third-order valence-electron chi connectivity index (χ3n) is 12.1. The predicted molar refractivity (Wildman–Crippen MR) is 216 cm³/mol. The van der Waals surface area contributed by atoms with Gasteiger partial charge in [0.25, 0.3) is 0 Å². The first-order chi connectivity index (χ1) is 26.5. The molecule has 0 spiro atoms. The number of hydrogen-bond acceptors (Lipinski definition) is 8. The minimum atomic E-state index is -0.484. The van der Waals surface area contributed by atoms with Crippen molar-refractivity contribution in [2.75, 3.05) is 26.3 Å². The van der Waals surface area contributed by atoms with Crippen LogP contribution in [0.4, 0.5) is 4.39 Å². The molecule has 55 heavy (non-hydrogen) atoms. The normalized spacial score (nSPS) is 22.7. The van der Waals surface area contributed by atoms with Crippen molar-refractivity contribution in [2.45, 2.75) is 90.1 Å². The van der Waals surface area contributed by atoms with E-state index < -0.39 is 5.82 Å². The Morgan fingerprint density at radius 3 is 2.60 bits per heavy atom. The molecular weight excluding hydrogens is 738 g/mol. The SMILES string of the molecule is C1NC2CC1C2.CC1(/C(N)=C/NN)CCOCC1.Cc1nc2c(F)c(-c3cccc(Cl)c3Cl)c(CCC#N)cc2c2[nH]c(C3CCCN3C(=O)C3CC3)cc12. The second-order valence-electron chi connectivity index (χ2n) is 15.9. The molecule has 6 heterocycles. The number of nitrogens with one attached hydrogen (secondary N) is 3. The van der Waals surface area contributed by atoms with Crippen LogP contribution < -0.4 is 22.3 Å². The summed E-state index contributed by atoms with van der Waals surface area (Å²) in [5, 5.41) is 14.8. The number of aromatic nitrogens is 2. The topological polar surface area (TPSA) is 158 Å². The van der Waals surface area contributed by atoms with Gasteiger partial charge < -0.3 is 31.1 Å². The Morgan fingerprint density at radius 1 is 1.20 bits per heavy atom. The minimum Gasteiger partial charge on any atom is -0.400 e. The molecule has 0 radical (unpaired) electrons. The standard InChI is InChI=1S/C29H25Cl2FN4O.C8H17N3O.C5H9N/c1-15-19-14-22(23-8-4-12-36(23)29(37)16-9-10-16)35-27(19)20-13-17(5-3-11-33)24(26(32)28(20)34-15)18-6-2-7-21(30)25(18)31;1-8(7(9)6-11-10)2-4-12-5-3-8;1-4-2-5(1)6-3-4/h2,6-7,13-14,16,23,35H,3-5,8-10,12H2,1H3;6,11H,2-5,9-10H2,1H3;4-6H,1-3H2/b;7-6-;. The van der Waals surface area contributed by atoms with E-state index in [9.17, 15) is 10.1 Å². The highest BCUT2D eigenvalue weighted by molar-refractivity contribution is 6.43. The molecule has 2 aliphatic carbocycles. The Bertz CT molecular complexity index is 2120. The largest absolute Gasteiger partial charge is 0.400 e. The number of pyridine rings is 1. The smallest absolute Gasteiger partial charge is 0.226 e. The second-order valence-corrected chi connectivity index (χ2v) is 16.7. The fourth-order valence-electron chi connectivity index (χ4n) is 8.44. The predicted octanol–water partition coefficient (Wildman–Crippen LogP) is 8.10. The number of aromatic amines is 1. The van der Waals surface area contributed by atoms with E-state index >= 15 is 4.39 Å².